The zero-order valence-corrected chi connectivity index (χ0v) is 9.16. The number of nitrogens with zero attached hydrogens (tertiary/aromatic N) is 1. The molecule has 1 amide bonds. The van der Waals surface area contributed by atoms with Gasteiger partial charge in [0.15, 0.2) is 0 Å². The van der Waals surface area contributed by atoms with Crippen LogP contribution in [-0.4, -0.2) is 16.9 Å². The lowest BCUT2D eigenvalue weighted by Gasteiger charge is -2.12. The number of aryl methyl sites for hydroxylation is 1. The van der Waals surface area contributed by atoms with Crippen LogP contribution in [0.5, 0.6) is 0 Å². The van der Waals surface area contributed by atoms with Crippen LogP contribution in [0.25, 0.3) is 0 Å². The van der Waals surface area contributed by atoms with E-state index in [1.54, 1.807) is 12.3 Å². The maximum absolute atomic E-state index is 11.6. The van der Waals surface area contributed by atoms with Crippen molar-refractivity contribution in [1.29, 1.82) is 0 Å². The number of carbonyl (C=O) groups excluding carboxylic acids is 1. The number of pyridine rings is 1. The topological polar surface area (TPSA) is 68.0 Å². The molecule has 3 N–H and O–H groups in total. The van der Waals surface area contributed by atoms with Crippen LogP contribution >= 0.6 is 0 Å². The fourth-order valence-corrected chi connectivity index (χ4v) is 1.28. The first kappa shape index (κ1) is 11.7. The molecule has 0 saturated carbocycles. The first-order valence-electron chi connectivity index (χ1n) is 5.13. The van der Waals surface area contributed by atoms with Gasteiger partial charge < -0.3 is 11.1 Å². The van der Waals surface area contributed by atoms with E-state index in [0.29, 0.717) is 6.42 Å². The van der Waals surface area contributed by atoms with Crippen molar-refractivity contribution in [2.75, 3.05) is 5.32 Å². The van der Waals surface area contributed by atoms with E-state index in [0.717, 1.165) is 17.8 Å². The Kier molecular flexibility index (Phi) is 4.24. The second-order valence-corrected chi connectivity index (χ2v) is 3.52. The van der Waals surface area contributed by atoms with Gasteiger partial charge in [0.2, 0.25) is 5.91 Å². The summed E-state index contributed by atoms with van der Waals surface area (Å²) < 4.78 is 0. The molecule has 0 bridgehead atoms. The molecule has 1 rings (SSSR count). The molecule has 1 aromatic rings. The summed E-state index contributed by atoms with van der Waals surface area (Å²) in [7, 11) is 0. The molecule has 0 radical (unpaired) electrons. The van der Waals surface area contributed by atoms with Gasteiger partial charge in [0.25, 0.3) is 0 Å². The highest BCUT2D eigenvalue weighted by molar-refractivity contribution is 5.94. The fourth-order valence-electron chi connectivity index (χ4n) is 1.28. The number of aromatic nitrogens is 1. The van der Waals surface area contributed by atoms with Crippen LogP contribution < -0.4 is 11.1 Å². The van der Waals surface area contributed by atoms with Crippen LogP contribution in [0.15, 0.2) is 18.3 Å². The predicted molar refractivity (Wildman–Crippen MR) is 60.5 cm³/mol. The summed E-state index contributed by atoms with van der Waals surface area (Å²) in [5.74, 6) is -0.145. The van der Waals surface area contributed by atoms with E-state index in [-0.39, 0.29) is 5.91 Å². The van der Waals surface area contributed by atoms with Gasteiger partial charge in [0.1, 0.15) is 0 Å². The summed E-state index contributed by atoms with van der Waals surface area (Å²) in [6, 6.07) is 3.17. The van der Waals surface area contributed by atoms with Crippen LogP contribution in [-0.2, 0) is 4.79 Å². The molecule has 1 atom stereocenters. The smallest absolute Gasteiger partial charge is 0.241 e. The summed E-state index contributed by atoms with van der Waals surface area (Å²) >= 11 is 0. The third kappa shape index (κ3) is 3.32. The Hall–Kier alpha value is -1.42. The van der Waals surface area contributed by atoms with E-state index in [9.17, 15) is 4.79 Å². The van der Waals surface area contributed by atoms with Crippen molar-refractivity contribution in [3.63, 3.8) is 0 Å². The summed E-state index contributed by atoms with van der Waals surface area (Å²) in [4.78, 5) is 15.7. The summed E-state index contributed by atoms with van der Waals surface area (Å²) in [5, 5.41) is 2.77. The van der Waals surface area contributed by atoms with Crippen LogP contribution in [0.1, 0.15) is 25.5 Å². The van der Waals surface area contributed by atoms with Crippen molar-refractivity contribution in [3.05, 3.63) is 24.0 Å². The zero-order valence-electron chi connectivity index (χ0n) is 9.16. The highest BCUT2D eigenvalue weighted by Gasteiger charge is 2.12. The molecule has 1 aromatic heterocycles. The molecule has 0 aliphatic rings. The molecule has 0 spiro atoms. The zero-order chi connectivity index (χ0) is 11.3. The highest BCUT2D eigenvalue weighted by Crippen LogP contribution is 2.10. The molecular formula is C11H17N3O. The van der Waals surface area contributed by atoms with Crippen molar-refractivity contribution in [1.82, 2.24) is 4.98 Å². The lowest BCUT2D eigenvalue weighted by Crippen LogP contribution is -2.35. The molecule has 1 unspecified atom stereocenters. The maximum Gasteiger partial charge on any atom is 0.241 e. The van der Waals surface area contributed by atoms with Gasteiger partial charge in [-0.3, -0.25) is 9.78 Å². The average Bonchev–Trinajstić information content (AvgIpc) is 2.21. The van der Waals surface area contributed by atoms with Crippen LogP contribution in [0.3, 0.4) is 0 Å². The van der Waals surface area contributed by atoms with Crippen molar-refractivity contribution in [2.45, 2.75) is 32.7 Å². The number of anilines is 1. The van der Waals surface area contributed by atoms with Gasteiger partial charge in [-0.1, -0.05) is 13.3 Å². The van der Waals surface area contributed by atoms with E-state index < -0.39 is 6.04 Å². The third-order valence-corrected chi connectivity index (χ3v) is 2.20. The number of amides is 1. The van der Waals surface area contributed by atoms with Gasteiger partial charge in [-0.15, -0.1) is 0 Å². The van der Waals surface area contributed by atoms with Crippen LogP contribution in [0.4, 0.5) is 5.69 Å². The minimum atomic E-state index is -0.436. The predicted octanol–water partition coefficient (Wildman–Crippen LogP) is 1.46. The van der Waals surface area contributed by atoms with E-state index in [4.69, 9.17) is 5.73 Å². The van der Waals surface area contributed by atoms with Gasteiger partial charge >= 0.3 is 0 Å². The summed E-state index contributed by atoms with van der Waals surface area (Å²) in [6.07, 6.45) is 3.29. The Bertz CT molecular complexity index is 338. The second-order valence-electron chi connectivity index (χ2n) is 3.52. The molecule has 4 nitrogen and oxygen atoms in total. The van der Waals surface area contributed by atoms with Crippen molar-refractivity contribution < 1.29 is 4.79 Å². The standard InChI is InChI=1S/C11H17N3O/c1-3-5-9(12)11(15)14-10-6-4-7-13-8(10)2/h4,6-7,9H,3,5,12H2,1-2H3,(H,14,15). The van der Waals surface area contributed by atoms with E-state index in [1.807, 2.05) is 19.9 Å². The van der Waals surface area contributed by atoms with Crippen molar-refractivity contribution >= 4 is 11.6 Å². The summed E-state index contributed by atoms with van der Waals surface area (Å²) in [6.45, 7) is 3.85. The molecule has 82 valence electrons. The van der Waals surface area contributed by atoms with Crippen molar-refractivity contribution in [2.24, 2.45) is 5.73 Å². The third-order valence-electron chi connectivity index (χ3n) is 2.20. The van der Waals surface area contributed by atoms with Gasteiger partial charge in [-0.25, -0.2) is 0 Å². The van der Waals surface area contributed by atoms with E-state index in [2.05, 4.69) is 10.3 Å². The van der Waals surface area contributed by atoms with Gasteiger partial charge in [-0.05, 0) is 25.5 Å². The lowest BCUT2D eigenvalue weighted by atomic mass is 10.1. The lowest BCUT2D eigenvalue weighted by molar-refractivity contribution is -0.117. The number of rotatable bonds is 4. The number of carbonyl (C=O) groups is 1. The Morgan fingerprint density at radius 2 is 2.40 bits per heavy atom. The number of nitrogens with two attached hydrogens (primary N) is 1. The summed E-state index contributed by atoms with van der Waals surface area (Å²) in [5.41, 5.74) is 7.22. The molecule has 0 fully saturated rings. The molecular weight excluding hydrogens is 190 g/mol. The Balaban J connectivity index is 2.62. The first-order chi connectivity index (χ1) is 7.15. The molecule has 0 aromatic carbocycles. The first-order valence-corrected chi connectivity index (χ1v) is 5.13. The van der Waals surface area contributed by atoms with Gasteiger partial charge in [0, 0.05) is 6.20 Å². The quantitative estimate of drug-likeness (QED) is 0.785. The number of nitrogens with one attached hydrogen (secondary N) is 1. The average molecular weight is 207 g/mol. The van der Waals surface area contributed by atoms with Crippen molar-refractivity contribution in [3.8, 4) is 0 Å². The normalized spacial score (nSPS) is 12.2. The molecule has 0 aliphatic heterocycles. The highest BCUT2D eigenvalue weighted by atomic mass is 16.2. The SMILES string of the molecule is CCCC(N)C(=O)Nc1cccnc1C. The number of hydrogen-bond donors (Lipinski definition) is 2. The van der Waals surface area contributed by atoms with Crippen LogP contribution in [0, 0.1) is 6.92 Å². The van der Waals surface area contributed by atoms with E-state index in [1.165, 1.54) is 0 Å². The minimum absolute atomic E-state index is 0.145. The second kappa shape index (κ2) is 5.46. The molecule has 1 heterocycles. The van der Waals surface area contributed by atoms with Gasteiger partial charge in [-0.2, -0.15) is 0 Å². The van der Waals surface area contributed by atoms with Crippen LogP contribution in [0.2, 0.25) is 0 Å². The molecule has 4 heteroatoms. The molecule has 0 aliphatic carbocycles. The molecule has 0 saturated heterocycles. The Morgan fingerprint density at radius 1 is 1.67 bits per heavy atom. The molecule has 15 heavy (non-hydrogen) atoms. The Morgan fingerprint density at radius 3 is 3.00 bits per heavy atom. The fraction of sp³-hybridized carbons (Fsp3) is 0.455. The maximum atomic E-state index is 11.6. The number of hydrogen-bond acceptors (Lipinski definition) is 3. The minimum Gasteiger partial charge on any atom is -0.323 e. The van der Waals surface area contributed by atoms with Gasteiger partial charge in [0.05, 0.1) is 17.4 Å². The largest absolute Gasteiger partial charge is 0.323 e. The monoisotopic (exact) mass is 207 g/mol. The van der Waals surface area contributed by atoms with E-state index >= 15 is 0 Å². The Labute approximate surface area is 89.9 Å².